The second-order valence-electron chi connectivity index (χ2n) is 8.83. The summed E-state index contributed by atoms with van der Waals surface area (Å²) in [7, 11) is 0. The molecule has 0 bridgehead atoms. The Morgan fingerprint density at radius 3 is 2.32 bits per heavy atom. The molecule has 34 heavy (non-hydrogen) atoms. The molecule has 0 aliphatic carbocycles. The molecule has 2 nitrogen and oxygen atoms in total. The highest BCUT2D eigenvalue weighted by Crippen LogP contribution is 2.26. The van der Waals surface area contributed by atoms with Crippen molar-refractivity contribution in [3.8, 4) is 0 Å². The van der Waals surface area contributed by atoms with E-state index in [1.807, 2.05) is 24.3 Å². The van der Waals surface area contributed by atoms with Gasteiger partial charge in [-0.25, -0.2) is 13.2 Å². The van der Waals surface area contributed by atoms with Gasteiger partial charge >= 0.3 is 0 Å². The third-order valence-electron chi connectivity index (χ3n) is 6.31. The van der Waals surface area contributed by atoms with Crippen molar-refractivity contribution >= 4 is 22.4 Å². The summed E-state index contributed by atoms with van der Waals surface area (Å²) in [6.45, 7) is 5.17. The molecule has 0 spiro atoms. The summed E-state index contributed by atoms with van der Waals surface area (Å²) in [4.78, 5) is 0. The maximum absolute atomic E-state index is 15.1. The Morgan fingerprint density at radius 2 is 1.62 bits per heavy atom. The van der Waals surface area contributed by atoms with Gasteiger partial charge in [-0.05, 0) is 66.3 Å². The molecular formula is C28H28ClF3O2. The Hall–Kier alpha value is -2.34. The summed E-state index contributed by atoms with van der Waals surface area (Å²) in [5.41, 5.74) is 2.03. The number of hydrogen-bond donors (Lipinski definition) is 0. The Labute approximate surface area is 203 Å². The first-order valence-electron chi connectivity index (χ1n) is 11.6. The first-order valence-corrected chi connectivity index (χ1v) is 12.0. The van der Waals surface area contributed by atoms with Gasteiger partial charge in [0, 0.05) is 17.7 Å². The molecule has 0 amide bonds. The lowest BCUT2D eigenvalue weighted by Gasteiger charge is -2.29. The van der Waals surface area contributed by atoms with Crippen LogP contribution in [0.3, 0.4) is 0 Å². The van der Waals surface area contributed by atoms with Gasteiger partial charge in [0.2, 0.25) is 0 Å². The van der Waals surface area contributed by atoms with Gasteiger partial charge < -0.3 is 9.47 Å². The molecule has 1 saturated heterocycles. The molecule has 1 aliphatic rings. The van der Waals surface area contributed by atoms with Crippen molar-refractivity contribution in [3.63, 3.8) is 0 Å². The van der Waals surface area contributed by atoms with Crippen LogP contribution in [-0.4, -0.2) is 19.5 Å². The highest BCUT2D eigenvalue weighted by atomic mass is 35.5. The van der Waals surface area contributed by atoms with Gasteiger partial charge in [-0.3, -0.25) is 0 Å². The molecule has 180 valence electrons. The predicted molar refractivity (Wildman–Crippen MR) is 130 cm³/mol. The standard InChI is InChI=1S/C28H28ClF3O2/c1-2-3-4-20-16-33-26(34-17-20)12-7-18-6-11-23-22(13-18)10-9-21(28(23)32)8-5-19-14-24(30)27(29)25(31)15-19/h2,6,9-11,13-15,20,26H,1,3-5,7-8,12,16-17H2. The Morgan fingerprint density at radius 1 is 0.882 bits per heavy atom. The van der Waals surface area contributed by atoms with Gasteiger partial charge in [-0.15, -0.1) is 6.58 Å². The molecule has 0 radical (unpaired) electrons. The minimum Gasteiger partial charge on any atom is -0.352 e. The minimum absolute atomic E-state index is 0.211. The van der Waals surface area contributed by atoms with Crippen LogP contribution >= 0.6 is 11.6 Å². The Bertz CT molecular complexity index is 1130. The molecule has 3 aromatic carbocycles. The SMILES string of the molecule is C=CCCC1COC(CCc2ccc3c(F)c(CCc4cc(F)c(Cl)c(F)c4)ccc3c2)OC1. The van der Waals surface area contributed by atoms with Crippen molar-refractivity contribution in [3.05, 3.63) is 94.3 Å². The van der Waals surface area contributed by atoms with Crippen LogP contribution in [0.5, 0.6) is 0 Å². The second-order valence-corrected chi connectivity index (χ2v) is 9.21. The molecular weight excluding hydrogens is 461 g/mol. The summed E-state index contributed by atoms with van der Waals surface area (Å²) >= 11 is 5.53. The predicted octanol–water partition coefficient (Wildman–Crippen LogP) is 7.58. The van der Waals surface area contributed by atoms with E-state index in [4.69, 9.17) is 21.1 Å². The van der Waals surface area contributed by atoms with E-state index in [-0.39, 0.29) is 12.1 Å². The molecule has 3 aromatic rings. The van der Waals surface area contributed by atoms with Crippen molar-refractivity contribution in [1.82, 2.24) is 0 Å². The number of fused-ring (bicyclic) bond motifs is 1. The van der Waals surface area contributed by atoms with Crippen molar-refractivity contribution in [2.45, 2.75) is 44.8 Å². The zero-order valence-corrected chi connectivity index (χ0v) is 19.7. The number of aryl methyl sites for hydroxylation is 3. The van der Waals surface area contributed by atoms with Crippen molar-refractivity contribution in [2.24, 2.45) is 5.92 Å². The van der Waals surface area contributed by atoms with Gasteiger partial charge in [0.15, 0.2) is 6.29 Å². The highest BCUT2D eigenvalue weighted by Gasteiger charge is 2.21. The molecule has 0 N–H and O–H groups in total. The topological polar surface area (TPSA) is 18.5 Å². The fourth-order valence-corrected chi connectivity index (χ4v) is 4.43. The van der Waals surface area contributed by atoms with E-state index in [1.54, 1.807) is 12.1 Å². The van der Waals surface area contributed by atoms with Crippen LogP contribution in [0.2, 0.25) is 5.02 Å². The maximum Gasteiger partial charge on any atom is 0.157 e. The zero-order valence-electron chi connectivity index (χ0n) is 19.0. The molecule has 1 heterocycles. The zero-order chi connectivity index (χ0) is 24.1. The number of ether oxygens (including phenoxy) is 2. The van der Waals surface area contributed by atoms with Gasteiger partial charge in [-0.2, -0.15) is 0 Å². The van der Waals surface area contributed by atoms with E-state index in [2.05, 4.69) is 6.58 Å². The summed E-state index contributed by atoms with van der Waals surface area (Å²) in [6, 6.07) is 11.7. The number of hydrogen-bond acceptors (Lipinski definition) is 2. The first kappa shape index (κ1) is 24.8. The van der Waals surface area contributed by atoms with Crippen LogP contribution in [0.25, 0.3) is 10.8 Å². The summed E-state index contributed by atoms with van der Waals surface area (Å²) in [6.07, 6.45) is 5.85. The molecule has 0 saturated carbocycles. The molecule has 6 heteroatoms. The molecule has 0 unspecified atom stereocenters. The normalized spacial score (nSPS) is 18.4. The maximum atomic E-state index is 15.1. The lowest BCUT2D eigenvalue weighted by molar-refractivity contribution is -0.203. The number of halogens is 4. The first-order chi connectivity index (χ1) is 16.4. The van der Waals surface area contributed by atoms with E-state index in [9.17, 15) is 8.78 Å². The van der Waals surface area contributed by atoms with Crippen LogP contribution in [0.1, 0.15) is 36.0 Å². The van der Waals surface area contributed by atoms with Crippen LogP contribution in [0, 0.1) is 23.4 Å². The average molecular weight is 489 g/mol. The molecule has 1 aliphatic heterocycles. The number of allylic oxidation sites excluding steroid dienone is 1. The van der Waals surface area contributed by atoms with Crippen molar-refractivity contribution < 1.29 is 22.6 Å². The van der Waals surface area contributed by atoms with E-state index < -0.39 is 16.7 Å². The van der Waals surface area contributed by atoms with Gasteiger partial charge in [-0.1, -0.05) is 48.0 Å². The monoisotopic (exact) mass is 488 g/mol. The van der Waals surface area contributed by atoms with Crippen molar-refractivity contribution in [1.29, 1.82) is 0 Å². The summed E-state index contributed by atoms with van der Waals surface area (Å²) < 4.78 is 54.1. The van der Waals surface area contributed by atoms with E-state index >= 15 is 4.39 Å². The fraction of sp³-hybridized carbons (Fsp3) is 0.357. The van der Waals surface area contributed by atoms with Gasteiger partial charge in [0.05, 0.1) is 13.2 Å². The average Bonchev–Trinajstić information content (AvgIpc) is 2.85. The Balaban J connectivity index is 1.36. The number of benzene rings is 3. The Kier molecular flexibility index (Phi) is 8.30. The third-order valence-corrected chi connectivity index (χ3v) is 6.67. The largest absolute Gasteiger partial charge is 0.352 e. The molecule has 0 atom stereocenters. The van der Waals surface area contributed by atoms with Crippen LogP contribution in [0.4, 0.5) is 13.2 Å². The minimum atomic E-state index is -0.806. The smallest absolute Gasteiger partial charge is 0.157 e. The van der Waals surface area contributed by atoms with Crippen LogP contribution in [0.15, 0.2) is 55.1 Å². The van der Waals surface area contributed by atoms with Gasteiger partial charge in [0.1, 0.15) is 22.5 Å². The summed E-state index contributed by atoms with van der Waals surface area (Å²) in [5, 5.41) is 0.827. The molecule has 0 aromatic heterocycles. The van der Waals surface area contributed by atoms with E-state index in [0.717, 1.165) is 36.6 Å². The van der Waals surface area contributed by atoms with Crippen LogP contribution < -0.4 is 0 Å². The van der Waals surface area contributed by atoms with Crippen molar-refractivity contribution in [2.75, 3.05) is 13.2 Å². The summed E-state index contributed by atoms with van der Waals surface area (Å²) in [5.74, 6) is -1.49. The fourth-order valence-electron chi connectivity index (χ4n) is 4.32. The van der Waals surface area contributed by atoms with E-state index in [0.29, 0.717) is 48.5 Å². The number of rotatable bonds is 9. The quantitative estimate of drug-likeness (QED) is 0.228. The molecule has 4 rings (SSSR count). The lowest BCUT2D eigenvalue weighted by atomic mass is 9.98. The highest BCUT2D eigenvalue weighted by molar-refractivity contribution is 6.30. The second kappa shape index (κ2) is 11.4. The van der Waals surface area contributed by atoms with Gasteiger partial charge in [0.25, 0.3) is 0 Å². The lowest BCUT2D eigenvalue weighted by Crippen LogP contribution is -2.32. The van der Waals surface area contributed by atoms with Crippen LogP contribution in [-0.2, 0) is 28.7 Å². The molecule has 1 fully saturated rings. The van der Waals surface area contributed by atoms with E-state index in [1.165, 1.54) is 12.1 Å². The third kappa shape index (κ3) is 6.01.